The lowest BCUT2D eigenvalue weighted by atomic mass is 10.1. The molecule has 0 aliphatic rings. The third-order valence-corrected chi connectivity index (χ3v) is 6.52. The SMILES string of the molecule is O=C(NCC(O)c1ccc(O)cc1)c1cccc(NS(=O)(=O)c2ccc3ccccc3c2)c1. The Morgan fingerprint density at radius 2 is 1.58 bits per heavy atom. The lowest BCUT2D eigenvalue weighted by Crippen LogP contribution is -2.28. The van der Waals surface area contributed by atoms with Crippen LogP contribution < -0.4 is 10.0 Å². The molecule has 0 saturated carbocycles. The molecule has 8 heteroatoms. The minimum absolute atomic E-state index is 0.0450. The number of aliphatic hydroxyl groups is 1. The lowest BCUT2D eigenvalue weighted by molar-refractivity contribution is 0.0916. The molecule has 0 fully saturated rings. The average Bonchev–Trinajstić information content (AvgIpc) is 2.82. The molecule has 0 spiro atoms. The van der Waals surface area contributed by atoms with Crippen molar-refractivity contribution in [2.45, 2.75) is 11.0 Å². The van der Waals surface area contributed by atoms with Gasteiger partial charge >= 0.3 is 0 Å². The number of benzene rings is 4. The Hall–Kier alpha value is -3.88. The summed E-state index contributed by atoms with van der Waals surface area (Å²) in [5.74, 6) is -0.377. The fourth-order valence-electron chi connectivity index (χ4n) is 3.38. The van der Waals surface area contributed by atoms with Crippen molar-refractivity contribution < 1.29 is 23.4 Å². The predicted octanol–water partition coefficient (Wildman–Crippen LogP) is 3.81. The summed E-state index contributed by atoms with van der Waals surface area (Å²) in [4.78, 5) is 12.6. The monoisotopic (exact) mass is 462 g/mol. The molecule has 0 radical (unpaired) electrons. The molecule has 1 amide bonds. The first-order valence-electron chi connectivity index (χ1n) is 10.2. The largest absolute Gasteiger partial charge is 0.508 e. The molecule has 4 aromatic rings. The molecule has 1 unspecified atom stereocenters. The maximum absolute atomic E-state index is 12.9. The summed E-state index contributed by atoms with van der Waals surface area (Å²) in [5, 5.41) is 23.9. The van der Waals surface area contributed by atoms with Crippen LogP contribution in [-0.2, 0) is 10.0 Å². The van der Waals surface area contributed by atoms with Gasteiger partial charge in [0.05, 0.1) is 11.0 Å². The fraction of sp³-hybridized carbons (Fsp3) is 0.0800. The minimum atomic E-state index is -3.85. The molecule has 7 nitrogen and oxygen atoms in total. The van der Waals surface area contributed by atoms with Crippen LogP contribution in [-0.4, -0.2) is 31.1 Å². The number of fused-ring (bicyclic) bond motifs is 1. The molecule has 0 aliphatic carbocycles. The van der Waals surface area contributed by atoms with E-state index in [1.54, 1.807) is 42.5 Å². The Morgan fingerprint density at radius 1 is 0.848 bits per heavy atom. The number of aliphatic hydroxyl groups excluding tert-OH is 1. The van der Waals surface area contributed by atoms with Gasteiger partial charge in [-0.05, 0) is 58.8 Å². The first-order chi connectivity index (χ1) is 15.8. The number of phenols is 1. The van der Waals surface area contributed by atoms with Crippen LogP contribution in [0.2, 0.25) is 0 Å². The summed E-state index contributed by atoms with van der Waals surface area (Å²) in [6, 6.07) is 24.5. The molecule has 4 aromatic carbocycles. The summed E-state index contributed by atoms with van der Waals surface area (Å²) in [7, 11) is -3.85. The van der Waals surface area contributed by atoms with Crippen LogP contribution in [0.4, 0.5) is 5.69 Å². The molecular weight excluding hydrogens is 440 g/mol. The van der Waals surface area contributed by atoms with Crippen LogP contribution >= 0.6 is 0 Å². The smallest absolute Gasteiger partial charge is 0.261 e. The number of aromatic hydroxyl groups is 1. The highest BCUT2D eigenvalue weighted by Gasteiger charge is 2.16. The minimum Gasteiger partial charge on any atom is -0.508 e. The maximum Gasteiger partial charge on any atom is 0.261 e. The Bertz CT molecular complexity index is 1400. The third kappa shape index (κ3) is 5.31. The number of carbonyl (C=O) groups is 1. The van der Waals surface area contributed by atoms with Crippen LogP contribution in [0.25, 0.3) is 10.8 Å². The van der Waals surface area contributed by atoms with E-state index in [0.29, 0.717) is 5.56 Å². The van der Waals surface area contributed by atoms with Gasteiger partial charge in [-0.15, -0.1) is 0 Å². The van der Waals surface area contributed by atoms with Gasteiger partial charge in [0.25, 0.3) is 15.9 Å². The van der Waals surface area contributed by atoms with E-state index in [1.807, 2.05) is 24.3 Å². The zero-order valence-electron chi connectivity index (χ0n) is 17.5. The number of anilines is 1. The highest BCUT2D eigenvalue weighted by atomic mass is 32.2. The van der Waals surface area contributed by atoms with E-state index in [9.17, 15) is 23.4 Å². The summed E-state index contributed by atoms with van der Waals surface area (Å²) < 4.78 is 28.2. The van der Waals surface area contributed by atoms with Crippen LogP contribution in [0.3, 0.4) is 0 Å². The van der Waals surface area contributed by atoms with Crippen molar-refractivity contribution in [2.24, 2.45) is 0 Å². The van der Waals surface area contributed by atoms with Gasteiger partial charge in [0, 0.05) is 17.8 Å². The quantitative estimate of drug-likeness (QED) is 0.333. The summed E-state index contributed by atoms with van der Waals surface area (Å²) in [6.07, 6.45) is -0.955. The van der Waals surface area contributed by atoms with Crippen LogP contribution in [0.15, 0.2) is 95.9 Å². The molecule has 0 heterocycles. The number of carbonyl (C=O) groups excluding carboxylic acids is 1. The van der Waals surface area contributed by atoms with Crippen molar-refractivity contribution in [3.8, 4) is 5.75 Å². The van der Waals surface area contributed by atoms with E-state index in [-0.39, 0.29) is 28.4 Å². The number of hydrogen-bond donors (Lipinski definition) is 4. The summed E-state index contributed by atoms with van der Waals surface area (Å²) in [6.45, 7) is -0.0450. The highest BCUT2D eigenvalue weighted by molar-refractivity contribution is 7.92. The zero-order valence-corrected chi connectivity index (χ0v) is 18.3. The molecule has 0 saturated heterocycles. The van der Waals surface area contributed by atoms with Crippen LogP contribution in [0.1, 0.15) is 22.0 Å². The Morgan fingerprint density at radius 3 is 2.33 bits per heavy atom. The molecule has 4 N–H and O–H groups in total. The fourth-order valence-corrected chi connectivity index (χ4v) is 4.46. The van der Waals surface area contributed by atoms with Crippen molar-refractivity contribution >= 4 is 32.4 Å². The second kappa shape index (κ2) is 9.32. The van der Waals surface area contributed by atoms with Gasteiger partial charge in [-0.25, -0.2) is 8.42 Å². The standard InChI is InChI=1S/C25H22N2O5S/c28-22-11-8-18(9-12-22)24(29)16-26-25(30)20-6-3-7-21(14-20)27-33(31,32)23-13-10-17-4-1-2-5-19(17)15-23/h1-15,24,27-29H,16H2,(H,26,30). The second-order valence-electron chi connectivity index (χ2n) is 7.51. The van der Waals surface area contributed by atoms with E-state index in [4.69, 9.17) is 0 Å². The number of amides is 1. The molecule has 0 aliphatic heterocycles. The van der Waals surface area contributed by atoms with Gasteiger partial charge in [-0.1, -0.05) is 48.5 Å². The number of sulfonamides is 1. The molecule has 1 atom stereocenters. The van der Waals surface area contributed by atoms with Crippen molar-refractivity contribution in [2.75, 3.05) is 11.3 Å². The van der Waals surface area contributed by atoms with Gasteiger partial charge in [0.15, 0.2) is 0 Å². The second-order valence-corrected chi connectivity index (χ2v) is 9.20. The van der Waals surface area contributed by atoms with Crippen molar-refractivity contribution in [1.29, 1.82) is 0 Å². The van der Waals surface area contributed by atoms with Gasteiger partial charge in [-0.2, -0.15) is 0 Å². The molecule has 33 heavy (non-hydrogen) atoms. The Balaban J connectivity index is 1.45. The van der Waals surface area contributed by atoms with E-state index < -0.39 is 22.0 Å². The molecule has 168 valence electrons. The van der Waals surface area contributed by atoms with E-state index in [0.717, 1.165) is 10.8 Å². The zero-order chi connectivity index (χ0) is 23.4. The molecular formula is C25H22N2O5S. The maximum atomic E-state index is 12.9. The number of phenolic OH excluding ortho intramolecular Hbond substituents is 1. The predicted molar refractivity (Wildman–Crippen MR) is 127 cm³/mol. The topological polar surface area (TPSA) is 116 Å². The van der Waals surface area contributed by atoms with E-state index >= 15 is 0 Å². The van der Waals surface area contributed by atoms with Crippen LogP contribution in [0, 0.1) is 0 Å². The van der Waals surface area contributed by atoms with Crippen molar-refractivity contribution in [1.82, 2.24) is 5.32 Å². The first kappa shape index (κ1) is 22.3. The number of rotatable bonds is 7. The Labute approximate surface area is 191 Å². The van der Waals surface area contributed by atoms with E-state index in [1.165, 1.54) is 24.3 Å². The average molecular weight is 463 g/mol. The number of nitrogens with one attached hydrogen (secondary N) is 2. The molecule has 0 bridgehead atoms. The van der Waals surface area contributed by atoms with Crippen molar-refractivity contribution in [3.05, 3.63) is 102 Å². The van der Waals surface area contributed by atoms with Gasteiger partial charge < -0.3 is 15.5 Å². The van der Waals surface area contributed by atoms with Crippen LogP contribution in [0.5, 0.6) is 5.75 Å². The highest BCUT2D eigenvalue weighted by Crippen LogP contribution is 2.22. The lowest BCUT2D eigenvalue weighted by Gasteiger charge is -2.13. The molecule has 0 aromatic heterocycles. The van der Waals surface area contributed by atoms with E-state index in [2.05, 4.69) is 10.0 Å². The van der Waals surface area contributed by atoms with Gasteiger partial charge in [0.2, 0.25) is 0 Å². The summed E-state index contributed by atoms with van der Waals surface area (Å²) in [5.41, 5.74) is 1.03. The molecule has 4 rings (SSSR count). The number of hydrogen-bond acceptors (Lipinski definition) is 5. The first-order valence-corrected chi connectivity index (χ1v) is 11.7. The normalized spacial score (nSPS) is 12.3. The van der Waals surface area contributed by atoms with Gasteiger partial charge in [-0.3, -0.25) is 9.52 Å². The van der Waals surface area contributed by atoms with Crippen molar-refractivity contribution in [3.63, 3.8) is 0 Å². The Kier molecular flexibility index (Phi) is 6.30. The third-order valence-electron chi connectivity index (χ3n) is 5.14. The van der Waals surface area contributed by atoms with Gasteiger partial charge in [0.1, 0.15) is 5.75 Å². The summed E-state index contributed by atoms with van der Waals surface area (Å²) >= 11 is 0.